The van der Waals surface area contributed by atoms with E-state index >= 15 is 0 Å². The molecule has 0 amide bonds. The Kier molecular flexibility index (Phi) is 5.14. The van der Waals surface area contributed by atoms with Crippen molar-refractivity contribution in [2.45, 2.75) is 19.1 Å². The van der Waals surface area contributed by atoms with E-state index < -0.39 is 6.10 Å². The molecule has 2 rings (SSSR count). The van der Waals surface area contributed by atoms with Gasteiger partial charge in [-0.15, -0.1) is 0 Å². The standard InChI is InChI=1S/C16H17BrO2/c1-19-11-12-5-4-7-14(9-12)16(18)10-13-6-2-3-8-15(13)17/h2-9,16,18H,10-11H2,1H3. The van der Waals surface area contributed by atoms with Crippen LogP contribution in [-0.4, -0.2) is 12.2 Å². The van der Waals surface area contributed by atoms with Crippen LogP contribution in [0, 0.1) is 0 Å². The molecule has 0 saturated carbocycles. The van der Waals surface area contributed by atoms with E-state index in [0.29, 0.717) is 13.0 Å². The molecule has 1 unspecified atom stereocenters. The van der Waals surface area contributed by atoms with Crippen LogP contribution in [0.4, 0.5) is 0 Å². The molecule has 0 radical (unpaired) electrons. The molecule has 1 atom stereocenters. The van der Waals surface area contributed by atoms with E-state index in [0.717, 1.165) is 21.2 Å². The first kappa shape index (κ1) is 14.3. The van der Waals surface area contributed by atoms with E-state index in [2.05, 4.69) is 15.9 Å². The molecule has 2 nitrogen and oxygen atoms in total. The Morgan fingerprint density at radius 1 is 1.16 bits per heavy atom. The van der Waals surface area contributed by atoms with Gasteiger partial charge in [-0.05, 0) is 22.8 Å². The highest BCUT2D eigenvalue weighted by Crippen LogP contribution is 2.24. The summed E-state index contributed by atoms with van der Waals surface area (Å²) in [5.41, 5.74) is 3.10. The van der Waals surface area contributed by atoms with Crippen molar-refractivity contribution in [2.24, 2.45) is 0 Å². The van der Waals surface area contributed by atoms with Gasteiger partial charge in [0.15, 0.2) is 0 Å². The highest BCUT2D eigenvalue weighted by Gasteiger charge is 2.10. The van der Waals surface area contributed by atoms with E-state index in [1.54, 1.807) is 7.11 Å². The van der Waals surface area contributed by atoms with Gasteiger partial charge < -0.3 is 9.84 Å². The lowest BCUT2D eigenvalue weighted by atomic mass is 10.00. The van der Waals surface area contributed by atoms with Gasteiger partial charge in [-0.2, -0.15) is 0 Å². The number of aliphatic hydroxyl groups is 1. The number of hydrogen-bond acceptors (Lipinski definition) is 2. The largest absolute Gasteiger partial charge is 0.388 e. The molecule has 0 aliphatic heterocycles. The number of benzene rings is 2. The van der Waals surface area contributed by atoms with Gasteiger partial charge in [-0.3, -0.25) is 0 Å². The van der Waals surface area contributed by atoms with E-state index in [9.17, 15) is 5.11 Å². The minimum absolute atomic E-state index is 0.504. The number of ether oxygens (including phenoxy) is 1. The van der Waals surface area contributed by atoms with Gasteiger partial charge in [0, 0.05) is 18.0 Å². The Morgan fingerprint density at radius 3 is 2.68 bits per heavy atom. The molecular formula is C16H17BrO2. The maximum Gasteiger partial charge on any atom is 0.0830 e. The maximum atomic E-state index is 10.3. The molecule has 0 aromatic heterocycles. The topological polar surface area (TPSA) is 29.5 Å². The predicted molar refractivity (Wildman–Crippen MR) is 80.0 cm³/mol. The Morgan fingerprint density at radius 2 is 1.95 bits per heavy atom. The van der Waals surface area contributed by atoms with Gasteiger partial charge in [-0.25, -0.2) is 0 Å². The second-order valence-corrected chi connectivity index (χ2v) is 5.34. The molecule has 100 valence electrons. The molecule has 0 fully saturated rings. The average Bonchev–Trinajstić information content (AvgIpc) is 2.42. The van der Waals surface area contributed by atoms with Crippen molar-refractivity contribution >= 4 is 15.9 Å². The van der Waals surface area contributed by atoms with Crippen LogP contribution in [0.5, 0.6) is 0 Å². The Hall–Kier alpha value is -1.16. The van der Waals surface area contributed by atoms with Gasteiger partial charge in [0.2, 0.25) is 0 Å². The maximum absolute atomic E-state index is 10.3. The molecule has 0 aliphatic carbocycles. The lowest BCUT2D eigenvalue weighted by molar-refractivity contribution is 0.175. The first-order valence-corrected chi connectivity index (χ1v) is 6.99. The molecule has 19 heavy (non-hydrogen) atoms. The Balaban J connectivity index is 2.13. The lowest BCUT2D eigenvalue weighted by Crippen LogP contribution is -2.03. The summed E-state index contributed by atoms with van der Waals surface area (Å²) in [7, 11) is 1.67. The zero-order chi connectivity index (χ0) is 13.7. The van der Waals surface area contributed by atoms with Crippen LogP contribution >= 0.6 is 15.9 Å². The third kappa shape index (κ3) is 3.90. The van der Waals surface area contributed by atoms with Gasteiger partial charge in [0.05, 0.1) is 12.7 Å². The minimum Gasteiger partial charge on any atom is -0.388 e. The van der Waals surface area contributed by atoms with Gasteiger partial charge in [-0.1, -0.05) is 58.4 Å². The first-order chi connectivity index (χ1) is 9.20. The second-order valence-electron chi connectivity index (χ2n) is 4.49. The summed E-state index contributed by atoms with van der Waals surface area (Å²) in [6, 6.07) is 15.8. The summed E-state index contributed by atoms with van der Waals surface area (Å²) in [6.07, 6.45) is 0.0909. The summed E-state index contributed by atoms with van der Waals surface area (Å²) >= 11 is 3.51. The average molecular weight is 321 g/mol. The Bertz CT molecular complexity index is 540. The molecule has 0 saturated heterocycles. The lowest BCUT2D eigenvalue weighted by Gasteiger charge is -2.13. The number of methoxy groups -OCH3 is 1. The van der Waals surface area contributed by atoms with E-state index in [-0.39, 0.29) is 0 Å². The zero-order valence-electron chi connectivity index (χ0n) is 10.8. The first-order valence-electron chi connectivity index (χ1n) is 6.20. The molecule has 0 spiro atoms. The van der Waals surface area contributed by atoms with Crippen LogP contribution in [0.15, 0.2) is 53.0 Å². The van der Waals surface area contributed by atoms with Crippen LogP contribution < -0.4 is 0 Å². The molecule has 1 N–H and O–H groups in total. The highest BCUT2D eigenvalue weighted by molar-refractivity contribution is 9.10. The van der Waals surface area contributed by atoms with Gasteiger partial charge >= 0.3 is 0 Å². The summed E-state index contributed by atoms with van der Waals surface area (Å²) < 4.78 is 6.14. The SMILES string of the molecule is COCc1cccc(C(O)Cc2ccccc2Br)c1. The van der Waals surface area contributed by atoms with Crippen LogP contribution in [0.1, 0.15) is 22.8 Å². The van der Waals surface area contributed by atoms with E-state index in [1.165, 1.54) is 0 Å². The summed E-state index contributed by atoms with van der Waals surface area (Å²) in [5, 5.41) is 10.3. The second kappa shape index (κ2) is 6.85. The van der Waals surface area contributed by atoms with Crippen LogP contribution in [0.3, 0.4) is 0 Å². The fraction of sp³-hybridized carbons (Fsp3) is 0.250. The molecule has 0 aliphatic rings. The zero-order valence-corrected chi connectivity index (χ0v) is 12.4. The fourth-order valence-electron chi connectivity index (χ4n) is 2.05. The third-order valence-corrected chi connectivity index (χ3v) is 3.79. The van der Waals surface area contributed by atoms with Crippen LogP contribution in [0.25, 0.3) is 0 Å². The van der Waals surface area contributed by atoms with Crippen molar-refractivity contribution in [1.29, 1.82) is 0 Å². The fourth-order valence-corrected chi connectivity index (χ4v) is 2.49. The van der Waals surface area contributed by atoms with E-state index in [1.807, 2.05) is 48.5 Å². The summed E-state index contributed by atoms with van der Waals surface area (Å²) in [5.74, 6) is 0. The molecule has 0 bridgehead atoms. The predicted octanol–water partition coefficient (Wildman–Crippen LogP) is 3.87. The van der Waals surface area contributed by atoms with Crippen molar-refractivity contribution < 1.29 is 9.84 Å². The van der Waals surface area contributed by atoms with Crippen molar-refractivity contribution in [1.82, 2.24) is 0 Å². The number of aliphatic hydroxyl groups excluding tert-OH is 1. The van der Waals surface area contributed by atoms with Gasteiger partial charge in [0.25, 0.3) is 0 Å². The van der Waals surface area contributed by atoms with E-state index in [4.69, 9.17) is 4.74 Å². The van der Waals surface area contributed by atoms with Crippen molar-refractivity contribution in [3.63, 3.8) is 0 Å². The summed E-state index contributed by atoms with van der Waals surface area (Å²) in [4.78, 5) is 0. The minimum atomic E-state index is -0.504. The van der Waals surface area contributed by atoms with Crippen LogP contribution in [-0.2, 0) is 17.8 Å². The third-order valence-electron chi connectivity index (χ3n) is 3.02. The molecule has 0 heterocycles. The molecule has 2 aromatic carbocycles. The Labute approximate surface area is 122 Å². The molecule has 2 aromatic rings. The number of rotatable bonds is 5. The van der Waals surface area contributed by atoms with Crippen molar-refractivity contribution in [3.8, 4) is 0 Å². The van der Waals surface area contributed by atoms with Crippen molar-refractivity contribution in [2.75, 3.05) is 7.11 Å². The normalized spacial score (nSPS) is 12.4. The molecule has 3 heteroatoms. The highest BCUT2D eigenvalue weighted by atomic mass is 79.9. The molecular weight excluding hydrogens is 304 g/mol. The summed E-state index contributed by atoms with van der Waals surface area (Å²) in [6.45, 7) is 0.565. The monoisotopic (exact) mass is 320 g/mol. The quantitative estimate of drug-likeness (QED) is 0.906. The number of hydrogen-bond donors (Lipinski definition) is 1. The van der Waals surface area contributed by atoms with Crippen molar-refractivity contribution in [3.05, 3.63) is 69.7 Å². The smallest absolute Gasteiger partial charge is 0.0830 e. The van der Waals surface area contributed by atoms with Gasteiger partial charge in [0.1, 0.15) is 0 Å². The number of halogens is 1. The van der Waals surface area contributed by atoms with Crippen LogP contribution in [0.2, 0.25) is 0 Å².